The maximum Gasteiger partial charge on any atom is 0.288 e. The largest absolute Gasteiger partial charge is 0.347 e. The number of nitro benzene ring substituents is 1. The smallest absolute Gasteiger partial charge is 0.288 e. The third-order valence-corrected chi connectivity index (χ3v) is 3.39. The molecule has 2 rings (SSSR count). The van der Waals surface area contributed by atoms with Crippen molar-refractivity contribution in [1.29, 1.82) is 0 Å². The predicted molar refractivity (Wildman–Crippen MR) is 88.2 cm³/mol. The van der Waals surface area contributed by atoms with Gasteiger partial charge in [0.25, 0.3) is 17.5 Å². The van der Waals surface area contributed by atoms with Crippen LogP contribution in [0.1, 0.15) is 16.1 Å². The highest BCUT2D eigenvalue weighted by Crippen LogP contribution is 2.25. The highest BCUT2D eigenvalue weighted by atomic mass is 35.5. The minimum absolute atomic E-state index is 0.0106. The summed E-state index contributed by atoms with van der Waals surface area (Å²) >= 11 is 5.71. The summed E-state index contributed by atoms with van der Waals surface area (Å²) in [5, 5.41) is 10.8. The Morgan fingerprint density at radius 2 is 2.04 bits per heavy atom. The second kappa shape index (κ2) is 7.42. The van der Waals surface area contributed by atoms with Gasteiger partial charge in [-0.1, -0.05) is 17.7 Å². The molecule has 0 aliphatic rings. The van der Waals surface area contributed by atoms with Crippen LogP contribution in [0.2, 0.25) is 5.02 Å². The van der Waals surface area contributed by atoms with E-state index in [0.29, 0.717) is 11.3 Å². The van der Waals surface area contributed by atoms with Crippen molar-refractivity contribution in [3.05, 3.63) is 69.0 Å². The number of nitro groups is 1. The number of hydrogen-bond acceptors (Lipinski definition) is 4. The van der Waals surface area contributed by atoms with E-state index in [1.807, 2.05) is 0 Å². The molecule has 24 heavy (non-hydrogen) atoms. The molecule has 0 fully saturated rings. The number of nitrogens with one attached hydrogen (secondary N) is 2. The van der Waals surface area contributed by atoms with Crippen molar-refractivity contribution in [2.24, 2.45) is 7.05 Å². The van der Waals surface area contributed by atoms with Gasteiger partial charge in [0.2, 0.25) is 0 Å². The summed E-state index contributed by atoms with van der Waals surface area (Å²) in [6.07, 6.45) is 4.20. The number of halogens is 1. The highest BCUT2D eigenvalue weighted by molar-refractivity contribution is 6.32. The van der Waals surface area contributed by atoms with Crippen molar-refractivity contribution in [3.63, 3.8) is 0 Å². The van der Waals surface area contributed by atoms with Crippen LogP contribution in [0.5, 0.6) is 0 Å². The standard InChI is InChI=1S/C15H13ClN4O4/c1-19-8-2-3-12(19)15(22)18-17-14(21)7-5-10-4-6-11(16)13(9-10)20(23)24/h2-9H,1H3,(H,17,21)(H,18,22)/b7-5+. The summed E-state index contributed by atoms with van der Waals surface area (Å²) in [5.74, 6) is -1.05. The maximum absolute atomic E-state index is 11.8. The molecule has 1 aromatic carbocycles. The number of nitrogens with zero attached hydrogens (tertiary/aromatic N) is 2. The van der Waals surface area contributed by atoms with Gasteiger partial charge in [0.05, 0.1) is 4.92 Å². The SMILES string of the molecule is Cn1cccc1C(=O)NNC(=O)/C=C/c1ccc(Cl)c([N+](=O)[O-])c1. The van der Waals surface area contributed by atoms with E-state index in [2.05, 4.69) is 10.9 Å². The molecule has 0 unspecified atom stereocenters. The first-order valence-electron chi connectivity index (χ1n) is 6.72. The molecule has 124 valence electrons. The zero-order valence-electron chi connectivity index (χ0n) is 12.5. The predicted octanol–water partition coefficient (Wildman–Crippen LogP) is 2.06. The van der Waals surface area contributed by atoms with Crippen LogP contribution >= 0.6 is 11.6 Å². The lowest BCUT2D eigenvalue weighted by Gasteiger charge is -2.05. The van der Waals surface area contributed by atoms with Gasteiger partial charge in [0, 0.05) is 25.4 Å². The fourth-order valence-electron chi connectivity index (χ4n) is 1.87. The van der Waals surface area contributed by atoms with E-state index in [-0.39, 0.29) is 10.7 Å². The zero-order chi connectivity index (χ0) is 17.7. The van der Waals surface area contributed by atoms with Crippen molar-refractivity contribution in [3.8, 4) is 0 Å². The van der Waals surface area contributed by atoms with Crippen LogP contribution in [0.3, 0.4) is 0 Å². The quantitative estimate of drug-likeness (QED) is 0.501. The van der Waals surface area contributed by atoms with Crippen LogP contribution in [0.15, 0.2) is 42.6 Å². The second-order valence-corrected chi connectivity index (χ2v) is 5.16. The van der Waals surface area contributed by atoms with Gasteiger partial charge in [-0.2, -0.15) is 0 Å². The lowest BCUT2D eigenvalue weighted by molar-refractivity contribution is -0.384. The van der Waals surface area contributed by atoms with Gasteiger partial charge in [-0.3, -0.25) is 30.6 Å². The Morgan fingerprint density at radius 1 is 1.29 bits per heavy atom. The van der Waals surface area contributed by atoms with Crippen LogP contribution in [-0.2, 0) is 11.8 Å². The molecule has 0 atom stereocenters. The Hall–Kier alpha value is -3.13. The Bertz CT molecular complexity index is 829. The van der Waals surface area contributed by atoms with E-state index in [1.54, 1.807) is 29.9 Å². The van der Waals surface area contributed by atoms with Crippen LogP contribution in [0, 0.1) is 10.1 Å². The van der Waals surface area contributed by atoms with Gasteiger partial charge in [-0.25, -0.2) is 0 Å². The third-order valence-electron chi connectivity index (χ3n) is 3.07. The average molecular weight is 349 g/mol. The number of benzene rings is 1. The minimum atomic E-state index is -0.611. The monoisotopic (exact) mass is 348 g/mol. The van der Waals surface area contributed by atoms with E-state index in [0.717, 1.165) is 6.08 Å². The minimum Gasteiger partial charge on any atom is -0.347 e. The van der Waals surface area contributed by atoms with Crippen molar-refractivity contribution < 1.29 is 14.5 Å². The van der Waals surface area contributed by atoms with Gasteiger partial charge < -0.3 is 4.57 Å². The summed E-state index contributed by atoms with van der Waals surface area (Å²) in [4.78, 5) is 33.7. The Labute approximate surface area is 141 Å². The maximum atomic E-state index is 11.8. The first-order chi connectivity index (χ1) is 11.4. The van der Waals surface area contributed by atoms with Gasteiger partial charge in [0.15, 0.2) is 0 Å². The molecule has 0 saturated heterocycles. The number of aromatic nitrogens is 1. The molecule has 1 heterocycles. The number of rotatable bonds is 4. The highest BCUT2D eigenvalue weighted by Gasteiger charge is 2.12. The molecule has 0 radical (unpaired) electrons. The van der Waals surface area contributed by atoms with Crippen LogP contribution in [-0.4, -0.2) is 21.3 Å². The van der Waals surface area contributed by atoms with Gasteiger partial charge >= 0.3 is 0 Å². The number of carbonyl (C=O) groups excluding carboxylic acids is 2. The van der Waals surface area contributed by atoms with E-state index >= 15 is 0 Å². The number of amides is 2. The third kappa shape index (κ3) is 4.20. The van der Waals surface area contributed by atoms with Gasteiger partial charge in [-0.15, -0.1) is 0 Å². The number of aryl methyl sites for hydroxylation is 1. The number of hydrogen-bond donors (Lipinski definition) is 2. The summed E-state index contributed by atoms with van der Waals surface area (Å²) in [5.41, 5.74) is 5.03. The molecule has 0 spiro atoms. The fraction of sp³-hybridized carbons (Fsp3) is 0.0667. The van der Waals surface area contributed by atoms with Crippen molar-refractivity contribution in [2.75, 3.05) is 0 Å². The van der Waals surface area contributed by atoms with Crippen molar-refractivity contribution in [2.45, 2.75) is 0 Å². The molecule has 2 aromatic rings. The van der Waals surface area contributed by atoms with E-state index < -0.39 is 16.7 Å². The molecule has 2 amide bonds. The molecule has 0 aliphatic heterocycles. The van der Waals surface area contributed by atoms with Crippen LogP contribution in [0.4, 0.5) is 5.69 Å². The first-order valence-corrected chi connectivity index (χ1v) is 7.10. The molecular weight excluding hydrogens is 336 g/mol. The van der Waals surface area contributed by atoms with Gasteiger partial charge in [-0.05, 0) is 29.8 Å². The summed E-state index contributed by atoms with van der Waals surface area (Å²) in [6.45, 7) is 0. The molecule has 8 nitrogen and oxygen atoms in total. The van der Waals surface area contributed by atoms with Crippen LogP contribution < -0.4 is 10.9 Å². The second-order valence-electron chi connectivity index (χ2n) is 4.75. The lowest BCUT2D eigenvalue weighted by Crippen LogP contribution is -2.41. The summed E-state index contributed by atoms with van der Waals surface area (Å²) < 4.78 is 1.60. The Kier molecular flexibility index (Phi) is 5.33. The van der Waals surface area contributed by atoms with E-state index in [9.17, 15) is 19.7 Å². The lowest BCUT2D eigenvalue weighted by atomic mass is 10.2. The van der Waals surface area contributed by atoms with Crippen molar-refractivity contribution in [1.82, 2.24) is 15.4 Å². The average Bonchev–Trinajstić information content (AvgIpc) is 2.97. The Balaban J connectivity index is 1.96. The molecule has 2 N–H and O–H groups in total. The van der Waals surface area contributed by atoms with Crippen LogP contribution in [0.25, 0.3) is 6.08 Å². The van der Waals surface area contributed by atoms with Crippen molar-refractivity contribution >= 4 is 35.2 Å². The summed E-state index contributed by atoms with van der Waals surface area (Å²) in [6, 6.07) is 7.44. The van der Waals surface area contributed by atoms with E-state index in [4.69, 9.17) is 11.6 Å². The first kappa shape index (κ1) is 17.2. The molecule has 0 bridgehead atoms. The molecule has 1 aromatic heterocycles. The number of carbonyl (C=O) groups is 2. The topological polar surface area (TPSA) is 106 Å². The number of hydrazine groups is 1. The molecule has 9 heteroatoms. The summed E-state index contributed by atoms with van der Waals surface area (Å²) in [7, 11) is 1.70. The van der Waals surface area contributed by atoms with Gasteiger partial charge in [0.1, 0.15) is 10.7 Å². The van der Waals surface area contributed by atoms with E-state index in [1.165, 1.54) is 24.3 Å². The fourth-order valence-corrected chi connectivity index (χ4v) is 2.05. The Morgan fingerprint density at radius 3 is 2.67 bits per heavy atom. The molecule has 0 aliphatic carbocycles. The zero-order valence-corrected chi connectivity index (χ0v) is 13.3. The normalized spacial score (nSPS) is 10.6. The molecule has 0 saturated carbocycles. The molecular formula is C15H13ClN4O4.